The molecular formula is C17H22N2. The fourth-order valence-corrected chi connectivity index (χ4v) is 2.34. The number of hydrogen-bond donors (Lipinski definition) is 1. The molecule has 0 aliphatic rings. The molecule has 19 heavy (non-hydrogen) atoms. The number of aromatic nitrogens is 1. The van der Waals surface area contributed by atoms with Gasteiger partial charge in [-0.25, -0.2) is 0 Å². The standard InChI is InChI=1S/C17H22N2/c1-3-5-6-12-19-13-10-16-15(14-18-11-4-2)8-7-9-17(16)19/h7-10,13,18H,4,6,11-12,14H2,1-2H3. The molecule has 1 aromatic heterocycles. The fourth-order valence-electron chi connectivity index (χ4n) is 2.34. The van der Waals surface area contributed by atoms with Crippen molar-refractivity contribution in [3.05, 3.63) is 36.0 Å². The summed E-state index contributed by atoms with van der Waals surface area (Å²) in [6.45, 7) is 7.08. The molecule has 0 saturated carbocycles. The van der Waals surface area contributed by atoms with Crippen LogP contribution in [0, 0.1) is 11.8 Å². The molecule has 100 valence electrons. The van der Waals surface area contributed by atoms with Crippen LogP contribution in [0.4, 0.5) is 0 Å². The molecule has 1 aromatic carbocycles. The van der Waals surface area contributed by atoms with E-state index in [2.05, 4.69) is 59.1 Å². The molecule has 2 nitrogen and oxygen atoms in total. The van der Waals surface area contributed by atoms with Gasteiger partial charge in [0.1, 0.15) is 0 Å². The van der Waals surface area contributed by atoms with Crippen molar-refractivity contribution in [2.24, 2.45) is 0 Å². The van der Waals surface area contributed by atoms with Crippen LogP contribution in [0.5, 0.6) is 0 Å². The molecule has 0 spiro atoms. The van der Waals surface area contributed by atoms with Gasteiger partial charge in [0.15, 0.2) is 0 Å². The molecular weight excluding hydrogens is 232 g/mol. The van der Waals surface area contributed by atoms with Crippen LogP contribution in [0.2, 0.25) is 0 Å². The first-order valence-corrected chi connectivity index (χ1v) is 7.04. The Morgan fingerprint density at radius 3 is 2.95 bits per heavy atom. The predicted molar refractivity (Wildman–Crippen MR) is 82.0 cm³/mol. The number of benzene rings is 1. The molecule has 0 aliphatic heterocycles. The normalized spacial score (nSPS) is 10.4. The zero-order valence-electron chi connectivity index (χ0n) is 11.9. The summed E-state index contributed by atoms with van der Waals surface area (Å²) in [6, 6.07) is 8.77. The predicted octanol–water partition coefficient (Wildman–Crippen LogP) is 3.55. The Morgan fingerprint density at radius 2 is 2.16 bits per heavy atom. The Balaban J connectivity index is 2.18. The van der Waals surface area contributed by atoms with Crippen LogP contribution >= 0.6 is 0 Å². The second-order valence-corrected chi connectivity index (χ2v) is 4.71. The molecule has 0 saturated heterocycles. The third-order valence-corrected chi connectivity index (χ3v) is 3.30. The summed E-state index contributed by atoms with van der Waals surface area (Å²) >= 11 is 0. The molecule has 0 fully saturated rings. The van der Waals surface area contributed by atoms with Gasteiger partial charge in [-0.05, 0) is 37.6 Å². The second-order valence-electron chi connectivity index (χ2n) is 4.71. The largest absolute Gasteiger partial charge is 0.347 e. The van der Waals surface area contributed by atoms with Gasteiger partial charge < -0.3 is 9.88 Å². The molecule has 0 unspecified atom stereocenters. The van der Waals surface area contributed by atoms with Gasteiger partial charge in [0.2, 0.25) is 0 Å². The Labute approximate surface area is 115 Å². The van der Waals surface area contributed by atoms with E-state index in [0.717, 1.165) is 26.1 Å². The number of nitrogens with zero attached hydrogens (tertiary/aromatic N) is 1. The molecule has 0 aliphatic carbocycles. The van der Waals surface area contributed by atoms with E-state index in [9.17, 15) is 0 Å². The van der Waals surface area contributed by atoms with Gasteiger partial charge in [0.25, 0.3) is 0 Å². The van der Waals surface area contributed by atoms with Crippen LogP contribution in [0.3, 0.4) is 0 Å². The average molecular weight is 254 g/mol. The summed E-state index contributed by atoms with van der Waals surface area (Å²) in [4.78, 5) is 0. The monoisotopic (exact) mass is 254 g/mol. The van der Waals surface area contributed by atoms with Gasteiger partial charge in [-0.2, -0.15) is 0 Å². The summed E-state index contributed by atoms with van der Waals surface area (Å²) in [7, 11) is 0. The maximum atomic E-state index is 3.47. The summed E-state index contributed by atoms with van der Waals surface area (Å²) in [5.74, 6) is 6.08. The van der Waals surface area contributed by atoms with Crippen LogP contribution in [-0.4, -0.2) is 11.1 Å². The molecule has 0 bridgehead atoms. The van der Waals surface area contributed by atoms with E-state index in [1.165, 1.54) is 22.9 Å². The van der Waals surface area contributed by atoms with Crippen LogP contribution in [0.25, 0.3) is 10.9 Å². The third-order valence-electron chi connectivity index (χ3n) is 3.30. The maximum Gasteiger partial charge on any atom is 0.0483 e. The van der Waals surface area contributed by atoms with Crippen LogP contribution in [0.1, 0.15) is 32.3 Å². The lowest BCUT2D eigenvalue weighted by Gasteiger charge is -2.07. The van der Waals surface area contributed by atoms with Crippen LogP contribution in [0.15, 0.2) is 30.5 Å². The minimum atomic E-state index is 0.915. The van der Waals surface area contributed by atoms with Crippen LogP contribution in [-0.2, 0) is 13.1 Å². The van der Waals surface area contributed by atoms with Crippen LogP contribution < -0.4 is 5.32 Å². The van der Waals surface area contributed by atoms with E-state index in [4.69, 9.17) is 0 Å². The van der Waals surface area contributed by atoms with Gasteiger partial charge in [-0.3, -0.25) is 0 Å². The van der Waals surface area contributed by atoms with Crippen molar-refractivity contribution in [1.29, 1.82) is 0 Å². The highest BCUT2D eigenvalue weighted by atomic mass is 14.9. The lowest BCUT2D eigenvalue weighted by Crippen LogP contribution is -2.13. The quantitative estimate of drug-likeness (QED) is 0.616. The minimum absolute atomic E-state index is 0.915. The van der Waals surface area contributed by atoms with E-state index in [1.54, 1.807) is 0 Å². The van der Waals surface area contributed by atoms with Crippen molar-refractivity contribution in [2.45, 2.75) is 39.8 Å². The minimum Gasteiger partial charge on any atom is -0.347 e. The van der Waals surface area contributed by atoms with Gasteiger partial charge in [0.05, 0.1) is 0 Å². The number of hydrogen-bond acceptors (Lipinski definition) is 1. The lowest BCUT2D eigenvalue weighted by atomic mass is 10.1. The second kappa shape index (κ2) is 7.01. The fraction of sp³-hybridized carbons (Fsp3) is 0.412. The van der Waals surface area contributed by atoms with Crippen molar-refractivity contribution in [3.63, 3.8) is 0 Å². The lowest BCUT2D eigenvalue weighted by molar-refractivity contribution is 0.678. The van der Waals surface area contributed by atoms with E-state index in [1.807, 2.05) is 6.92 Å². The molecule has 1 heterocycles. The molecule has 0 amide bonds. The maximum absolute atomic E-state index is 3.47. The Hall–Kier alpha value is -1.72. The smallest absolute Gasteiger partial charge is 0.0483 e. The summed E-state index contributed by atoms with van der Waals surface area (Å²) < 4.78 is 2.29. The molecule has 0 atom stereocenters. The van der Waals surface area contributed by atoms with E-state index >= 15 is 0 Å². The number of aryl methyl sites for hydroxylation is 1. The molecule has 0 radical (unpaired) electrons. The summed E-state index contributed by atoms with van der Waals surface area (Å²) in [6.07, 6.45) is 4.26. The Bertz CT molecular complexity index is 584. The molecule has 2 aromatic rings. The highest BCUT2D eigenvalue weighted by Crippen LogP contribution is 2.20. The van der Waals surface area contributed by atoms with Crippen molar-refractivity contribution < 1.29 is 0 Å². The summed E-state index contributed by atoms with van der Waals surface area (Å²) in [5, 5.41) is 4.83. The summed E-state index contributed by atoms with van der Waals surface area (Å²) in [5.41, 5.74) is 2.69. The highest BCUT2D eigenvalue weighted by molar-refractivity contribution is 5.83. The first-order valence-electron chi connectivity index (χ1n) is 7.04. The number of rotatable bonds is 6. The molecule has 1 N–H and O–H groups in total. The topological polar surface area (TPSA) is 17.0 Å². The van der Waals surface area contributed by atoms with E-state index in [-0.39, 0.29) is 0 Å². The van der Waals surface area contributed by atoms with Gasteiger partial charge in [-0.15, -0.1) is 11.8 Å². The van der Waals surface area contributed by atoms with Gasteiger partial charge >= 0.3 is 0 Å². The zero-order valence-corrected chi connectivity index (χ0v) is 11.9. The highest BCUT2D eigenvalue weighted by Gasteiger charge is 2.04. The number of fused-ring (bicyclic) bond motifs is 1. The van der Waals surface area contributed by atoms with Crippen molar-refractivity contribution in [3.8, 4) is 11.8 Å². The van der Waals surface area contributed by atoms with Gasteiger partial charge in [-0.1, -0.05) is 19.1 Å². The third kappa shape index (κ3) is 3.39. The Kier molecular flexibility index (Phi) is 5.06. The van der Waals surface area contributed by atoms with Gasteiger partial charge in [0, 0.05) is 36.6 Å². The first-order chi connectivity index (χ1) is 9.36. The van der Waals surface area contributed by atoms with E-state index in [0.29, 0.717) is 0 Å². The van der Waals surface area contributed by atoms with Crippen molar-refractivity contribution in [2.75, 3.05) is 6.54 Å². The molecule has 2 rings (SSSR count). The zero-order chi connectivity index (χ0) is 13.5. The molecule has 2 heteroatoms. The van der Waals surface area contributed by atoms with Crippen molar-refractivity contribution in [1.82, 2.24) is 9.88 Å². The average Bonchev–Trinajstić information content (AvgIpc) is 2.84. The number of nitrogens with one attached hydrogen (secondary N) is 1. The van der Waals surface area contributed by atoms with Crippen molar-refractivity contribution >= 4 is 10.9 Å². The SMILES string of the molecule is CC#CCCn1ccc2c(CNCCC)cccc21. The Morgan fingerprint density at radius 1 is 1.26 bits per heavy atom. The van der Waals surface area contributed by atoms with E-state index < -0.39 is 0 Å². The first kappa shape index (κ1) is 13.7.